The molecule has 0 unspecified atom stereocenters. The smallest absolute Gasteiger partial charge is 0.344 e. The zero-order chi connectivity index (χ0) is 31.1. The monoisotopic (exact) mass is 615 g/mol. The molecular formula is C35H52F3N5O. The van der Waals surface area contributed by atoms with Gasteiger partial charge in [0.1, 0.15) is 0 Å². The lowest BCUT2D eigenvalue weighted by atomic mass is 10.0. The van der Waals surface area contributed by atoms with Crippen LogP contribution in [0.5, 0.6) is 0 Å². The number of hydrogen-bond donors (Lipinski definition) is 1. The zero-order valence-electron chi connectivity index (χ0n) is 26.9. The van der Waals surface area contributed by atoms with Gasteiger partial charge in [-0.05, 0) is 95.9 Å². The molecule has 2 fully saturated rings. The van der Waals surface area contributed by atoms with Crippen molar-refractivity contribution in [3.8, 4) is 0 Å². The average molecular weight is 616 g/mol. The lowest BCUT2D eigenvalue weighted by Crippen LogP contribution is -2.47. The standard InChI is InChI=1S/C35H52F3N5O/c1-3-30-27(2)33-31(15-14-29-34(33)28(35(36,37)38)26-32(44)39-29)43(30)21-10-8-6-4-5-7-9-16-41-22-24-42(25-23-41)20-13-19-40-17-11-12-18-40/h14-15,26H,3-13,16-25H2,1-2H3,(H,39,44). The first kappa shape index (κ1) is 33.0. The number of nitrogens with zero attached hydrogens (tertiary/aromatic N) is 4. The van der Waals surface area contributed by atoms with Crippen LogP contribution in [0.1, 0.15) is 88.0 Å². The maximum absolute atomic E-state index is 14.0. The van der Waals surface area contributed by atoms with Gasteiger partial charge in [-0.1, -0.05) is 39.0 Å². The molecule has 9 heteroatoms. The predicted octanol–water partition coefficient (Wildman–Crippen LogP) is 7.21. The molecule has 4 heterocycles. The molecule has 244 valence electrons. The molecule has 44 heavy (non-hydrogen) atoms. The topological polar surface area (TPSA) is 47.5 Å². The van der Waals surface area contributed by atoms with Crippen LogP contribution in [0.2, 0.25) is 0 Å². The van der Waals surface area contributed by atoms with Gasteiger partial charge in [-0.15, -0.1) is 0 Å². The third-order valence-corrected chi connectivity index (χ3v) is 10.0. The summed E-state index contributed by atoms with van der Waals surface area (Å²) < 4.78 is 44.1. The van der Waals surface area contributed by atoms with Gasteiger partial charge in [0.05, 0.1) is 5.56 Å². The van der Waals surface area contributed by atoms with Gasteiger partial charge in [0.25, 0.3) is 0 Å². The summed E-state index contributed by atoms with van der Waals surface area (Å²) in [6.07, 6.45) is 8.63. The van der Waals surface area contributed by atoms with E-state index in [1.165, 1.54) is 110 Å². The maximum atomic E-state index is 14.0. The SMILES string of the molecule is CCc1c(C)c2c3c(C(F)(F)F)cc(=O)[nH]c3ccc2n1CCCCCCCCCN1CCN(CCCN2CCCC2)CC1. The van der Waals surface area contributed by atoms with Crippen molar-refractivity contribution in [2.45, 2.75) is 97.2 Å². The molecular weight excluding hydrogens is 563 g/mol. The first-order valence-corrected chi connectivity index (χ1v) is 17.2. The van der Waals surface area contributed by atoms with E-state index in [1.54, 1.807) is 6.07 Å². The second kappa shape index (κ2) is 15.3. The summed E-state index contributed by atoms with van der Waals surface area (Å²) in [6, 6.07) is 4.19. The van der Waals surface area contributed by atoms with E-state index in [-0.39, 0.29) is 10.9 Å². The highest BCUT2D eigenvalue weighted by molar-refractivity contribution is 6.09. The Morgan fingerprint density at radius 1 is 0.727 bits per heavy atom. The van der Waals surface area contributed by atoms with E-state index in [0.29, 0.717) is 11.5 Å². The molecule has 2 saturated heterocycles. The molecule has 0 radical (unpaired) electrons. The number of hydrogen-bond acceptors (Lipinski definition) is 4. The Labute approximate surface area is 260 Å². The van der Waals surface area contributed by atoms with Crippen LogP contribution in [0.4, 0.5) is 13.2 Å². The van der Waals surface area contributed by atoms with E-state index in [4.69, 9.17) is 0 Å². The first-order valence-electron chi connectivity index (χ1n) is 17.2. The van der Waals surface area contributed by atoms with Crippen molar-refractivity contribution in [1.29, 1.82) is 0 Å². The third-order valence-electron chi connectivity index (χ3n) is 10.0. The summed E-state index contributed by atoms with van der Waals surface area (Å²) in [5.74, 6) is 0. The fourth-order valence-corrected chi connectivity index (χ4v) is 7.63. The number of fused-ring (bicyclic) bond motifs is 3. The molecule has 1 N–H and O–H groups in total. The second-order valence-electron chi connectivity index (χ2n) is 13.1. The van der Waals surface area contributed by atoms with Crippen LogP contribution in [0.15, 0.2) is 23.0 Å². The Bertz CT molecular complexity index is 1410. The van der Waals surface area contributed by atoms with E-state index in [0.717, 1.165) is 42.6 Å². The van der Waals surface area contributed by atoms with Crippen LogP contribution in [0, 0.1) is 6.92 Å². The van der Waals surface area contributed by atoms with Gasteiger partial charge in [0.15, 0.2) is 0 Å². The molecule has 0 aliphatic carbocycles. The first-order chi connectivity index (χ1) is 21.3. The Morgan fingerprint density at radius 2 is 1.27 bits per heavy atom. The number of aryl methyl sites for hydroxylation is 2. The molecule has 0 atom stereocenters. The van der Waals surface area contributed by atoms with E-state index in [2.05, 4.69) is 31.2 Å². The van der Waals surface area contributed by atoms with Gasteiger partial charge in [0.2, 0.25) is 5.56 Å². The minimum atomic E-state index is -4.59. The Kier molecular flexibility index (Phi) is 11.5. The number of aromatic nitrogens is 2. The molecule has 5 rings (SSSR count). The lowest BCUT2D eigenvalue weighted by Gasteiger charge is -2.35. The van der Waals surface area contributed by atoms with Gasteiger partial charge in [-0.3, -0.25) is 4.79 Å². The van der Waals surface area contributed by atoms with E-state index in [9.17, 15) is 18.0 Å². The molecule has 0 amide bonds. The molecule has 1 aromatic carbocycles. The Hall–Kier alpha value is -2.36. The zero-order valence-corrected chi connectivity index (χ0v) is 26.9. The van der Waals surface area contributed by atoms with E-state index in [1.807, 2.05) is 13.0 Å². The second-order valence-corrected chi connectivity index (χ2v) is 13.1. The normalized spacial score (nSPS) is 17.5. The van der Waals surface area contributed by atoms with Gasteiger partial charge < -0.3 is 24.3 Å². The number of piperazine rings is 1. The summed E-state index contributed by atoms with van der Waals surface area (Å²) in [4.78, 5) is 22.5. The van der Waals surface area contributed by atoms with Crippen molar-refractivity contribution >= 4 is 21.8 Å². The van der Waals surface area contributed by atoms with E-state index >= 15 is 0 Å². The highest BCUT2D eigenvalue weighted by atomic mass is 19.4. The van der Waals surface area contributed by atoms with Crippen molar-refractivity contribution in [2.24, 2.45) is 0 Å². The largest absolute Gasteiger partial charge is 0.417 e. The fraction of sp³-hybridized carbons (Fsp3) is 0.686. The number of benzene rings is 1. The number of halogens is 3. The van der Waals surface area contributed by atoms with E-state index < -0.39 is 17.3 Å². The quantitative estimate of drug-likeness (QED) is 0.184. The van der Waals surface area contributed by atoms with Crippen LogP contribution < -0.4 is 5.56 Å². The number of likely N-dealkylation sites (tertiary alicyclic amines) is 1. The van der Waals surface area contributed by atoms with Crippen LogP contribution >= 0.6 is 0 Å². The van der Waals surface area contributed by atoms with Gasteiger partial charge >= 0.3 is 6.18 Å². The number of unbranched alkanes of at least 4 members (excludes halogenated alkanes) is 6. The summed E-state index contributed by atoms with van der Waals surface area (Å²) in [5.41, 5.74) is 1.45. The number of pyridine rings is 1. The molecule has 6 nitrogen and oxygen atoms in total. The summed E-state index contributed by atoms with van der Waals surface area (Å²) >= 11 is 0. The molecule has 2 aliphatic heterocycles. The van der Waals surface area contributed by atoms with Gasteiger partial charge in [0, 0.05) is 66.3 Å². The molecule has 3 aromatic rings. The van der Waals surface area contributed by atoms with Crippen molar-refractivity contribution in [2.75, 3.05) is 58.9 Å². The van der Waals surface area contributed by atoms with Crippen molar-refractivity contribution in [3.63, 3.8) is 0 Å². The molecule has 0 bridgehead atoms. The number of alkyl halides is 3. The summed E-state index contributed by atoms with van der Waals surface area (Å²) in [7, 11) is 0. The average Bonchev–Trinajstić information content (AvgIpc) is 3.61. The minimum absolute atomic E-state index is 0.107. The van der Waals surface area contributed by atoms with Gasteiger partial charge in [-0.2, -0.15) is 13.2 Å². The number of H-pyrrole nitrogens is 1. The lowest BCUT2D eigenvalue weighted by molar-refractivity contribution is -0.136. The fourth-order valence-electron chi connectivity index (χ4n) is 7.63. The van der Waals surface area contributed by atoms with Crippen LogP contribution in [0.25, 0.3) is 21.8 Å². The predicted molar refractivity (Wildman–Crippen MR) is 175 cm³/mol. The molecule has 0 saturated carbocycles. The number of rotatable bonds is 15. The number of aromatic amines is 1. The summed E-state index contributed by atoms with van der Waals surface area (Å²) in [5, 5.41) is 0.720. The molecule has 0 spiro atoms. The third kappa shape index (κ3) is 8.07. The Balaban J connectivity index is 1.02. The maximum Gasteiger partial charge on any atom is 0.417 e. The van der Waals surface area contributed by atoms with Crippen molar-refractivity contribution in [3.05, 3.63) is 45.4 Å². The van der Waals surface area contributed by atoms with Crippen LogP contribution in [-0.4, -0.2) is 83.2 Å². The van der Waals surface area contributed by atoms with Crippen LogP contribution in [-0.2, 0) is 19.1 Å². The highest BCUT2D eigenvalue weighted by Gasteiger charge is 2.35. The van der Waals surface area contributed by atoms with Gasteiger partial charge in [-0.25, -0.2) is 0 Å². The Morgan fingerprint density at radius 3 is 1.86 bits per heavy atom. The number of nitrogens with one attached hydrogen (secondary N) is 1. The molecule has 2 aromatic heterocycles. The molecule has 2 aliphatic rings. The highest BCUT2D eigenvalue weighted by Crippen LogP contribution is 2.39. The minimum Gasteiger partial charge on any atom is -0.344 e. The summed E-state index contributed by atoms with van der Waals surface area (Å²) in [6.45, 7) is 16.0. The van der Waals surface area contributed by atoms with Crippen molar-refractivity contribution < 1.29 is 13.2 Å². The van der Waals surface area contributed by atoms with Crippen molar-refractivity contribution in [1.82, 2.24) is 24.3 Å². The van der Waals surface area contributed by atoms with Crippen LogP contribution in [0.3, 0.4) is 0 Å².